The molecule has 4 heteroatoms. The van der Waals surface area contributed by atoms with Crippen LogP contribution in [-0.2, 0) is 0 Å². The summed E-state index contributed by atoms with van der Waals surface area (Å²) < 4.78 is 4.96. The average molecular weight is 264 g/mol. The molecule has 0 aromatic heterocycles. The largest absolute Gasteiger partial charge is 0.495 e. The number of benzene rings is 1. The van der Waals surface area contributed by atoms with Crippen molar-refractivity contribution in [3.05, 3.63) is 28.8 Å². The molecule has 0 saturated heterocycles. The number of alkyl halides is 1. The third-order valence-corrected chi connectivity index (χ3v) is 2.40. The fraction of sp³-hybridized carbons (Fsp3) is 0.222. The molecule has 0 aliphatic carbocycles. The first-order chi connectivity index (χ1) is 6.19. The van der Waals surface area contributed by atoms with Gasteiger partial charge in [-0.25, -0.2) is 0 Å². The molecule has 0 N–H and O–H groups in total. The average Bonchev–Trinajstić information content (AvgIpc) is 2.16. The Labute approximate surface area is 90.0 Å². The van der Waals surface area contributed by atoms with E-state index in [2.05, 4.69) is 15.9 Å². The summed E-state index contributed by atoms with van der Waals surface area (Å²) in [5.41, 5.74) is 0.586. The van der Waals surface area contributed by atoms with Crippen LogP contribution in [0.25, 0.3) is 0 Å². The molecule has 0 fully saturated rings. The lowest BCUT2D eigenvalue weighted by Gasteiger charge is -2.03. The van der Waals surface area contributed by atoms with Gasteiger partial charge in [-0.05, 0) is 18.2 Å². The van der Waals surface area contributed by atoms with Crippen molar-refractivity contribution in [2.75, 3.05) is 12.4 Å². The van der Waals surface area contributed by atoms with Crippen molar-refractivity contribution in [2.45, 2.75) is 0 Å². The van der Waals surface area contributed by atoms with Crippen LogP contribution < -0.4 is 4.74 Å². The summed E-state index contributed by atoms with van der Waals surface area (Å²) in [6.07, 6.45) is 0. The molecule has 0 unspecified atom stereocenters. The van der Waals surface area contributed by atoms with E-state index in [9.17, 15) is 4.79 Å². The highest BCUT2D eigenvalue weighted by Gasteiger charge is 2.07. The number of hydrogen-bond acceptors (Lipinski definition) is 2. The highest BCUT2D eigenvalue weighted by molar-refractivity contribution is 9.09. The second kappa shape index (κ2) is 4.63. The second-order valence-electron chi connectivity index (χ2n) is 2.41. The van der Waals surface area contributed by atoms with Crippen molar-refractivity contribution in [1.29, 1.82) is 0 Å². The van der Waals surface area contributed by atoms with E-state index in [0.29, 0.717) is 21.7 Å². The SMILES string of the molecule is COc1ccc(C(=O)CBr)cc1Cl. The molecule has 0 aliphatic heterocycles. The van der Waals surface area contributed by atoms with Gasteiger partial charge in [0.25, 0.3) is 0 Å². The standard InChI is InChI=1S/C9H8BrClO2/c1-13-9-3-2-6(4-7(9)11)8(12)5-10/h2-4H,5H2,1H3. The molecule has 0 heterocycles. The molecular weight excluding hydrogens is 255 g/mol. The summed E-state index contributed by atoms with van der Waals surface area (Å²) >= 11 is 8.93. The normalized spacial score (nSPS) is 9.77. The van der Waals surface area contributed by atoms with E-state index in [0.717, 1.165) is 0 Å². The van der Waals surface area contributed by atoms with E-state index >= 15 is 0 Å². The van der Waals surface area contributed by atoms with Gasteiger partial charge in [-0.2, -0.15) is 0 Å². The lowest BCUT2D eigenvalue weighted by Crippen LogP contribution is -1.99. The number of carbonyl (C=O) groups is 1. The van der Waals surface area contributed by atoms with Gasteiger partial charge in [0.2, 0.25) is 0 Å². The van der Waals surface area contributed by atoms with Crippen LogP contribution in [0.2, 0.25) is 5.02 Å². The van der Waals surface area contributed by atoms with Crippen molar-refractivity contribution in [3.8, 4) is 5.75 Å². The highest BCUT2D eigenvalue weighted by atomic mass is 79.9. The molecule has 1 aromatic carbocycles. The van der Waals surface area contributed by atoms with Crippen molar-refractivity contribution in [3.63, 3.8) is 0 Å². The van der Waals surface area contributed by atoms with Crippen LogP contribution >= 0.6 is 27.5 Å². The fourth-order valence-corrected chi connectivity index (χ4v) is 1.50. The van der Waals surface area contributed by atoms with Crippen molar-refractivity contribution in [1.82, 2.24) is 0 Å². The Balaban J connectivity index is 3.02. The van der Waals surface area contributed by atoms with E-state index in [-0.39, 0.29) is 5.78 Å². The monoisotopic (exact) mass is 262 g/mol. The Morgan fingerprint density at radius 3 is 2.77 bits per heavy atom. The topological polar surface area (TPSA) is 26.3 Å². The predicted octanol–water partition coefficient (Wildman–Crippen LogP) is 2.93. The number of rotatable bonds is 3. The summed E-state index contributed by atoms with van der Waals surface area (Å²) in [6.45, 7) is 0. The summed E-state index contributed by atoms with van der Waals surface area (Å²) in [6, 6.07) is 4.97. The van der Waals surface area contributed by atoms with Crippen LogP contribution in [0.4, 0.5) is 0 Å². The maximum Gasteiger partial charge on any atom is 0.173 e. The molecule has 2 nitrogen and oxygen atoms in total. The maximum atomic E-state index is 11.2. The number of hydrogen-bond donors (Lipinski definition) is 0. The van der Waals surface area contributed by atoms with Crippen molar-refractivity contribution >= 4 is 33.3 Å². The number of Topliss-reactive ketones (excluding diaryl/α,β-unsaturated/α-hetero) is 1. The summed E-state index contributed by atoms with van der Waals surface area (Å²) in [7, 11) is 1.53. The molecule has 0 amide bonds. The molecule has 1 aromatic rings. The minimum absolute atomic E-state index is 0.00422. The maximum absolute atomic E-state index is 11.2. The van der Waals surface area contributed by atoms with E-state index in [1.807, 2.05) is 0 Å². The Kier molecular flexibility index (Phi) is 3.75. The van der Waals surface area contributed by atoms with Crippen molar-refractivity contribution in [2.24, 2.45) is 0 Å². The summed E-state index contributed by atoms with van der Waals surface area (Å²) in [4.78, 5) is 11.2. The molecule has 0 saturated carbocycles. The van der Waals surface area contributed by atoms with E-state index in [4.69, 9.17) is 16.3 Å². The third-order valence-electron chi connectivity index (χ3n) is 1.60. The quantitative estimate of drug-likeness (QED) is 0.619. The Hall–Kier alpha value is -0.540. The fourth-order valence-electron chi connectivity index (χ4n) is 0.917. The van der Waals surface area contributed by atoms with Gasteiger partial charge in [0.05, 0.1) is 17.5 Å². The number of ketones is 1. The second-order valence-corrected chi connectivity index (χ2v) is 3.37. The smallest absolute Gasteiger partial charge is 0.173 e. The van der Waals surface area contributed by atoms with Gasteiger partial charge in [0, 0.05) is 5.56 Å². The van der Waals surface area contributed by atoms with Crippen LogP contribution in [0.3, 0.4) is 0 Å². The minimum atomic E-state index is 0.00422. The van der Waals surface area contributed by atoms with Gasteiger partial charge in [0.15, 0.2) is 5.78 Å². The third kappa shape index (κ3) is 2.45. The first-order valence-corrected chi connectivity index (χ1v) is 5.11. The van der Waals surface area contributed by atoms with Crippen LogP contribution in [0.5, 0.6) is 5.75 Å². The highest BCUT2D eigenvalue weighted by Crippen LogP contribution is 2.25. The minimum Gasteiger partial charge on any atom is -0.495 e. The van der Waals surface area contributed by atoms with Crippen LogP contribution in [0.15, 0.2) is 18.2 Å². The number of halogens is 2. The molecule has 13 heavy (non-hydrogen) atoms. The number of ether oxygens (including phenoxy) is 1. The number of carbonyl (C=O) groups excluding carboxylic acids is 1. The van der Waals surface area contributed by atoms with Gasteiger partial charge >= 0.3 is 0 Å². The van der Waals surface area contributed by atoms with Gasteiger partial charge in [-0.15, -0.1) is 0 Å². The molecular formula is C9H8BrClO2. The van der Waals surface area contributed by atoms with E-state index in [1.54, 1.807) is 18.2 Å². The van der Waals surface area contributed by atoms with Crippen LogP contribution in [-0.4, -0.2) is 18.2 Å². The zero-order chi connectivity index (χ0) is 9.84. The lowest BCUT2D eigenvalue weighted by atomic mass is 10.1. The Bertz CT molecular complexity index is 325. The Morgan fingerprint density at radius 2 is 2.31 bits per heavy atom. The zero-order valence-electron chi connectivity index (χ0n) is 7.01. The van der Waals surface area contributed by atoms with Crippen LogP contribution in [0, 0.1) is 0 Å². The molecule has 0 radical (unpaired) electrons. The van der Waals surface area contributed by atoms with Gasteiger partial charge in [-0.3, -0.25) is 4.79 Å². The van der Waals surface area contributed by atoms with Crippen LogP contribution in [0.1, 0.15) is 10.4 Å². The molecule has 1 rings (SSSR count). The van der Waals surface area contributed by atoms with Gasteiger partial charge < -0.3 is 4.74 Å². The Morgan fingerprint density at radius 1 is 1.62 bits per heavy atom. The van der Waals surface area contributed by atoms with Crippen molar-refractivity contribution < 1.29 is 9.53 Å². The summed E-state index contributed by atoms with van der Waals surface area (Å²) in [5.74, 6) is 0.581. The molecule has 0 aliphatic rings. The first-order valence-electron chi connectivity index (χ1n) is 3.61. The first kappa shape index (κ1) is 10.5. The molecule has 0 atom stereocenters. The van der Waals surface area contributed by atoms with E-state index in [1.165, 1.54) is 7.11 Å². The van der Waals surface area contributed by atoms with E-state index < -0.39 is 0 Å². The molecule has 0 bridgehead atoms. The van der Waals surface area contributed by atoms with Gasteiger partial charge in [0.1, 0.15) is 5.75 Å². The zero-order valence-corrected chi connectivity index (χ0v) is 9.35. The molecule has 70 valence electrons. The number of methoxy groups -OCH3 is 1. The summed E-state index contributed by atoms with van der Waals surface area (Å²) in [5, 5.41) is 0.754. The predicted molar refractivity (Wildman–Crippen MR) is 56.1 cm³/mol. The van der Waals surface area contributed by atoms with Gasteiger partial charge in [-0.1, -0.05) is 27.5 Å². The molecule has 0 spiro atoms. The lowest BCUT2D eigenvalue weighted by molar-refractivity contribution is 0.102.